The summed E-state index contributed by atoms with van der Waals surface area (Å²) in [6.45, 7) is 7.04. The van der Waals surface area contributed by atoms with Crippen molar-refractivity contribution in [1.29, 1.82) is 0 Å². The van der Waals surface area contributed by atoms with Crippen molar-refractivity contribution in [3.05, 3.63) is 59.5 Å². The Morgan fingerprint density at radius 1 is 1.11 bits per heavy atom. The van der Waals surface area contributed by atoms with E-state index in [4.69, 9.17) is 9.47 Å². The van der Waals surface area contributed by atoms with Crippen LogP contribution in [0, 0.1) is 0 Å². The van der Waals surface area contributed by atoms with Gasteiger partial charge in [-0.15, -0.1) is 11.3 Å². The zero-order valence-corrected chi connectivity index (χ0v) is 21.6. The largest absolute Gasteiger partial charge is 0.494 e. The highest BCUT2D eigenvalue weighted by Gasteiger charge is 2.32. The average Bonchev–Trinajstić information content (AvgIpc) is 3.31. The molecular weight excluding hydrogens is 486 g/mol. The summed E-state index contributed by atoms with van der Waals surface area (Å²) in [4.78, 5) is 17.4. The molecule has 2 atom stereocenters. The lowest BCUT2D eigenvalue weighted by Gasteiger charge is -2.34. The number of thiazole rings is 1. The van der Waals surface area contributed by atoms with Crippen LogP contribution in [0.2, 0.25) is 0 Å². The molecule has 0 radical (unpaired) electrons. The van der Waals surface area contributed by atoms with Crippen molar-refractivity contribution in [3.8, 4) is 17.0 Å². The summed E-state index contributed by atoms with van der Waals surface area (Å²) in [6.07, 6.45) is 0.602. The zero-order chi connectivity index (χ0) is 25.0. The molecule has 8 nitrogen and oxygen atoms in total. The molecule has 0 bridgehead atoms. The van der Waals surface area contributed by atoms with Gasteiger partial charge in [-0.3, -0.25) is 10.1 Å². The van der Waals surface area contributed by atoms with Crippen LogP contribution < -0.4 is 10.1 Å². The molecule has 4 rings (SSSR count). The first-order valence-corrected chi connectivity index (χ1v) is 13.8. The van der Waals surface area contributed by atoms with E-state index >= 15 is 0 Å². The molecule has 10 heteroatoms. The maximum atomic E-state index is 13.0. The molecule has 0 spiro atoms. The molecule has 2 aromatic carbocycles. The summed E-state index contributed by atoms with van der Waals surface area (Å²) in [5, 5.41) is 5.12. The first-order chi connectivity index (χ1) is 16.8. The van der Waals surface area contributed by atoms with Gasteiger partial charge in [0.2, 0.25) is 10.0 Å². The first kappa shape index (κ1) is 25.3. The molecule has 1 aromatic heterocycles. The number of nitrogens with one attached hydrogen (secondary N) is 1. The lowest BCUT2D eigenvalue weighted by Crippen LogP contribution is -2.48. The van der Waals surface area contributed by atoms with E-state index < -0.39 is 10.0 Å². The van der Waals surface area contributed by atoms with Gasteiger partial charge in [0.05, 0.1) is 29.4 Å². The highest BCUT2D eigenvalue weighted by Crippen LogP contribution is 2.27. The van der Waals surface area contributed by atoms with E-state index in [1.807, 2.05) is 43.5 Å². The first-order valence-electron chi connectivity index (χ1n) is 11.5. The van der Waals surface area contributed by atoms with Crippen LogP contribution >= 0.6 is 11.3 Å². The number of sulfonamides is 1. The third-order valence-corrected chi connectivity index (χ3v) is 8.09. The lowest BCUT2D eigenvalue weighted by atomic mass is 10.2. The van der Waals surface area contributed by atoms with E-state index in [2.05, 4.69) is 17.2 Å². The number of nitrogens with zero attached hydrogens (tertiary/aromatic N) is 2. The summed E-state index contributed by atoms with van der Waals surface area (Å²) in [7, 11) is -3.66. The Hall–Kier alpha value is -2.79. The number of anilines is 1. The molecule has 186 valence electrons. The molecule has 1 N–H and O–H groups in total. The molecule has 1 aliphatic rings. The Kier molecular flexibility index (Phi) is 7.85. The summed E-state index contributed by atoms with van der Waals surface area (Å²) >= 11 is 1.32. The molecule has 1 aliphatic heterocycles. The van der Waals surface area contributed by atoms with Crippen molar-refractivity contribution in [2.75, 3.05) is 25.0 Å². The van der Waals surface area contributed by atoms with E-state index in [0.717, 1.165) is 23.4 Å². The highest BCUT2D eigenvalue weighted by molar-refractivity contribution is 7.89. The summed E-state index contributed by atoms with van der Waals surface area (Å²) in [6, 6.07) is 13.6. The van der Waals surface area contributed by atoms with Gasteiger partial charge in [0.25, 0.3) is 5.91 Å². The van der Waals surface area contributed by atoms with E-state index in [0.29, 0.717) is 30.4 Å². The van der Waals surface area contributed by atoms with Gasteiger partial charge >= 0.3 is 0 Å². The topological polar surface area (TPSA) is 97.8 Å². The van der Waals surface area contributed by atoms with E-state index in [-0.39, 0.29) is 23.0 Å². The van der Waals surface area contributed by atoms with Gasteiger partial charge in [0.1, 0.15) is 5.75 Å². The van der Waals surface area contributed by atoms with Crippen LogP contribution in [0.15, 0.2) is 58.8 Å². The van der Waals surface area contributed by atoms with Crippen molar-refractivity contribution < 1.29 is 22.7 Å². The number of aromatic nitrogens is 1. The number of amides is 1. The third-order valence-electron chi connectivity index (χ3n) is 5.49. The van der Waals surface area contributed by atoms with Crippen LogP contribution in [0.25, 0.3) is 11.3 Å². The minimum Gasteiger partial charge on any atom is -0.494 e. The molecule has 2 unspecified atom stereocenters. The Morgan fingerprint density at radius 2 is 1.77 bits per heavy atom. The smallest absolute Gasteiger partial charge is 0.257 e. The molecule has 0 saturated carbocycles. The van der Waals surface area contributed by atoms with Gasteiger partial charge < -0.3 is 9.47 Å². The van der Waals surface area contributed by atoms with E-state index in [1.54, 1.807) is 0 Å². The van der Waals surface area contributed by atoms with Gasteiger partial charge in [-0.1, -0.05) is 6.92 Å². The summed E-state index contributed by atoms with van der Waals surface area (Å²) in [5.41, 5.74) is 2.02. The van der Waals surface area contributed by atoms with Crippen molar-refractivity contribution in [1.82, 2.24) is 9.29 Å². The standard InChI is InChI=1S/C25H29N3O5S2/c1-4-13-32-21-9-5-19(6-10-21)23-16-34-25(26-23)27-24(29)20-7-11-22(12-8-20)35(30,31)28-14-17(2)33-18(3)15-28/h5-12,16-18H,4,13-15H2,1-3H3,(H,26,27,29). The van der Waals surface area contributed by atoms with Crippen LogP contribution in [0.4, 0.5) is 5.13 Å². The van der Waals surface area contributed by atoms with Gasteiger partial charge in [0, 0.05) is 29.6 Å². The number of benzene rings is 2. The molecule has 2 heterocycles. The number of hydrogen-bond acceptors (Lipinski definition) is 7. The van der Waals surface area contributed by atoms with Crippen LogP contribution in [-0.2, 0) is 14.8 Å². The van der Waals surface area contributed by atoms with Crippen LogP contribution in [0.1, 0.15) is 37.6 Å². The number of carbonyl (C=O) groups is 1. The quantitative estimate of drug-likeness (QED) is 0.469. The minimum absolute atomic E-state index is 0.151. The fourth-order valence-electron chi connectivity index (χ4n) is 3.83. The molecule has 0 aliphatic carbocycles. The molecule has 1 saturated heterocycles. The van der Waals surface area contributed by atoms with Gasteiger partial charge in [-0.2, -0.15) is 4.31 Å². The maximum absolute atomic E-state index is 13.0. The number of hydrogen-bond donors (Lipinski definition) is 1. The van der Waals surface area contributed by atoms with Crippen molar-refractivity contribution in [3.63, 3.8) is 0 Å². The third kappa shape index (κ3) is 6.07. The minimum atomic E-state index is -3.66. The van der Waals surface area contributed by atoms with Gasteiger partial charge in [-0.05, 0) is 68.8 Å². The Bertz CT molecular complexity index is 1250. The fourth-order valence-corrected chi connectivity index (χ4v) is 6.13. The maximum Gasteiger partial charge on any atom is 0.257 e. The average molecular weight is 516 g/mol. The fraction of sp³-hybridized carbons (Fsp3) is 0.360. The second kappa shape index (κ2) is 10.9. The molecule has 35 heavy (non-hydrogen) atoms. The number of morpholine rings is 1. The Labute approximate surface area is 210 Å². The van der Waals surface area contributed by atoms with Crippen LogP contribution in [0.5, 0.6) is 5.75 Å². The molecule has 1 fully saturated rings. The van der Waals surface area contributed by atoms with Crippen molar-refractivity contribution in [2.24, 2.45) is 0 Å². The Morgan fingerprint density at radius 3 is 2.40 bits per heavy atom. The van der Waals surface area contributed by atoms with E-state index in [1.165, 1.54) is 39.9 Å². The van der Waals surface area contributed by atoms with Crippen molar-refractivity contribution >= 4 is 32.4 Å². The Balaban J connectivity index is 1.40. The molecule has 3 aromatic rings. The molecule has 1 amide bonds. The van der Waals surface area contributed by atoms with E-state index in [9.17, 15) is 13.2 Å². The normalized spacial score (nSPS) is 18.8. The zero-order valence-electron chi connectivity index (χ0n) is 19.9. The van der Waals surface area contributed by atoms with Crippen LogP contribution in [-0.4, -0.2) is 55.5 Å². The second-order valence-corrected chi connectivity index (χ2v) is 11.3. The predicted molar refractivity (Wildman–Crippen MR) is 136 cm³/mol. The summed E-state index contributed by atoms with van der Waals surface area (Å²) < 4.78 is 38.7. The predicted octanol–water partition coefficient (Wildman–Crippen LogP) is 4.65. The van der Waals surface area contributed by atoms with Crippen LogP contribution in [0.3, 0.4) is 0 Å². The second-order valence-electron chi connectivity index (χ2n) is 8.47. The number of rotatable bonds is 8. The lowest BCUT2D eigenvalue weighted by molar-refractivity contribution is -0.0440. The highest BCUT2D eigenvalue weighted by atomic mass is 32.2. The SMILES string of the molecule is CCCOc1ccc(-c2csc(NC(=O)c3ccc(S(=O)(=O)N4CC(C)OC(C)C4)cc3)n2)cc1. The monoisotopic (exact) mass is 515 g/mol. The number of ether oxygens (including phenoxy) is 2. The number of carbonyl (C=O) groups excluding carboxylic acids is 1. The van der Waals surface area contributed by atoms with Gasteiger partial charge in [0.15, 0.2) is 5.13 Å². The molecular formula is C25H29N3O5S2. The van der Waals surface area contributed by atoms with Gasteiger partial charge in [-0.25, -0.2) is 13.4 Å². The van der Waals surface area contributed by atoms with Crippen molar-refractivity contribution in [2.45, 2.75) is 44.3 Å². The summed E-state index contributed by atoms with van der Waals surface area (Å²) in [5.74, 6) is 0.453.